The first kappa shape index (κ1) is 25.8. The molecule has 0 radical (unpaired) electrons. The van der Waals surface area contributed by atoms with Gasteiger partial charge in [0.2, 0.25) is 5.91 Å². The molecule has 35 heavy (non-hydrogen) atoms. The molecule has 186 valence electrons. The van der Waals surface area contributed by atoms with Crippen LogP contribution in [0, 0.1) is 12.8 Å². The Morgan fingerprint density at radius 2 is 1.94 bits per heavy atom. The molecule has 0 spiro atoms. The minimum Gasteiger partial charge on any atom is -0.302 e. The molecular formula is C26H30ClN3O3S2. The van der Waals surface area contributed by atoms with Crippen molar-refractivity contribution in [3.63, 3.8) is 0 Å². The number of benzene rings is 2. The van der Waals surface area contributed by atoms with Crippen LogP contribution >= 0.6 is 22.9 Å². The summed E-state index contributed by atoms with van der Waals surface area (Å²) < 4.78 is 24.2. The van der Waals surface area contributed by atoms with Crippen LogP contribution in [-0.4, -0.2) is 30.0 Å². The summed E-state index contributed by atoms with van der Waals surface area (Å²) in [6, 6.07) is 13.1. The molecule has 0 saturated heterocycles. The second-order valence-electron chi connectivity index (χ2n) is 9.26. The number of aryl methyl sites for hydroxylation is 1. The summed E-state index contributed by atoms with van der Waals surface area (Å²) in [6.07, 6.45) is 0.166. The van der Waals surface area contributed by atoms with Crippen molar-refractivity contribution in [1.29, 1.82) is 0 Å². The van der Waals surface area contributed by atoms with Gasteiger partial charge in [-0.1, -0.05) is 50.6 Å². The predicted molar refractivity (Wildman–Crippen MR) is 142 cm³/mol. The molecule has 1 aliphatic heterocycles. The Hall–Kier alpha value is -2.26. The fourth-order valence-electron chi connectivity index (χ4n) is 4.50. The van der Waals surface area contributed by atoms with Gasteiger partial charge in [-0.05, 0) is 53.8 Å². The Morgan fingerprint density at radius 1 is 1.23 bits per heavy atom. The molecule has 0 saturated carbocycles. The van der Waals surface area contributed by atoms with E-state index in [4.69, 9.17) is 16.6 Å². The zero-order valence-electron chi connectivity index (χ0n) is 20.3. The Kier molecular flexibility index (Phi) is 7.66. The molecule has 4 rings (SSSR count). The molecule has 3 aromatic rings. The summed E-state index contributed by atoms with van der Waals surface area (Å²) in [5, 5.41) is 4.29. The number of thiazole rings is 1. The van der Waals surface area contributed by atoms with Crippen LogP contribution in [0.1, 0.15) is 54.1 Å². The Morgan fingerprint density at radius 3 is 2.57 bits per heavy atom. The van der Waals surface area contributed by atoms with E-state index in [0.717, 1.165) is 34.9 Å². The molecule has 2 heterocycles. The third-order valence-electron chi connectivity index (χ3n) is 6.33. The first-order chi connectivity index (χ1) is 16.6. The highest BCUT2D eigenvalue weighted by Crippen LogP contribution is 2.43. The number of aromatic nitrogens is 1. The van der Waals surface area contributed by atoms with Gasteiger partial charge in [0, 0.05) is 23.0 Å². The molecule has 0 bridgehead atoms. The fraction of sp³-hybridized carbons (Fsp3) is 0.385. The van der Waals surface area contributed by atoms with E-state index in [1.807, 2.05) is 19.1 Å². The number of rotatable bonds is 8. The van der Waals surface area contributed by atoms with Gasteiger partial charge in [0.15, 0.2) is 15.0 Å². The third kappa shape index (κ3) is 5.77. The maximum Gasteiger partial charge on any atom is 0.230 e. The fourth-order valence-corrected chi connectivity index (χ4v) is 6.63. The number of nitrogens with one attached hydrogen (secondary N) is 1. The maximum atomic E-state index is 12.8. The molecule has 0 fully saturated rings. The van der Waals surface area contributed by atoms with Gasteiger partial charge >= 0.3 is 0 Å². The SMILES string of the molecule is CCS(=O)(=O)c1ccc(CC(=O)Nc2nc3c(s2)CN(Cc2ccc(Cl)cc2)[C@H]3C(C)C)c(C)c1. The van der Waals surface area contributed by atoms with Crippen molar-refractivity contribution in [2.75, 3.05) is 11.1 Å². The molecule has 0 unspecified atom stereocenters. The summed E-state index contributed by atoms with van der Waals surface area (Å²) >= 11 is 7.56. The first-order valence-electron chi connectivity index (χ1n) is 11.7. The lowest BCUT2D eigenvalue weighted by Gasteiger charge is -2.27. The van der Waals surface area contributed by atoms with Gasteiger partial charge in [-0.2, -0.15) is 0 Å². The number of halogens is 1. The quantitative estimate of drug-likeness (QED) is 0.398. The molecule has 1 N–H and O–H groups in total. The van der Waals surface area contributed by atoms with Crippen LogP contribution in [0.5, 0.6) is 0 Å². The van der Waals surface area contributed by atoms with Crippen LogP contribution in [-0.2, 0) is 34.1 Å². The van der Waals surface area contributed by atoms with Crippen LogP contribution < -0.4 is 5.32 Å². The lowest BCUT2D eigenvalue weighted by atomic mass is 10.0. The van der Waals surface area contributed by atoms with E-state index in [0.29, 0.717) is 15.9 Å². The third-order valence-corrected chi connectivity index (χ3v) is 9.28. The highest BCUT2D eigenvalue weighted by molar-refractivity contribution is 7.91. The van der Waals surface area contributed by atoms with Crippen molar-refractivity contribution in [1.82, 2.24) is 9.88 Å². The Balaban J connectivity index is 1.44. The number of sulfone groups is 1. The van der Waals surface area contributed by atoms with E-state index in [-0.39, 0.29) is 24.1 Å². The zero-order chi connectivity index (χ0) is 25.3. The number of amides is 1. The van der Waals surface area contributed by atoms with Gasteiger partial charge in [-0.3, -0.25) is 9.69 Å². The molecule has 2 aromatic carbocycles. The Bertz CT molecular complexity index is 1330. The van der Waals surface area contributed by atoms with Crippen molar-refractivity contribution in [3.05, 3.63) is 74.7 Å². The van der Waals surface area contributed by atoms with Crippen LogP contribution in [0.4, 0.5) is 5.13 Å². The highest BCUT2D eigenvalue weighted by atomic mass is 35.5. The lowest BCUT2D eigenvalue weighted by molar-refractivity contribution is -0.115. The molecule has 9 heteroatoms. The molecule has 1 atom stereocenters. The van der Waals surface area contributed by atoms with E-state index >= 15 is 0 Å². The van der Waals surface area contributed by atoms with E-state index in [1.165, 1.54) is 21.8 Å². The predicted octanol–water partition coefficient (Wildman–Crippen LogP) is 5.79. The van der Waals surface area contributed by atoms with Crippen molar-refractivity contribution < 1.29 is 13.2 Å². The van der Waals surface area contributed by atoms with Crippen molar-refractivity contribution in [2.45, 2.75) is 58.1 Å². The summed E-state index contributed by atoms with van der Waals surface area (Å²) in [6.45, 7) is 9.44. The minimum atomic E-state index is -3.27. The topological polar surface area (TPSA) is 79.4 Å². The highest BCUT2D eigenvalue weighted by Gasteiger charge is 2.36. The second kappa shape index (κ2) is 10.4. The van der Waals surface area contributed by atoms with E-state index in [9.17, 15) is 13.2 Å². The first-order valence-corrected chi connectivity index (χ1v) is 14.5. The number of hydrogen-bond acceptors (Lipinski definition) is 6. The molecule has 1 amide bonds. The van der Waals surface area contributed by atoms with Gasteiger partial charge in [0.25, 0.3) is 0 Å². The number of fused-ring (bicyclic) bond motifs is 1. The second-order valence-corrected chi connectivity index (χ2v) is 13.1. The largest absolute Gasteiger partial charge is 0.302 e. The minimum absolute atomic E-state index is 0.0511. The standard InChI is InChI=1S/C26H30ClN3O3S2/c1-5-35(32,33)21-11-8-19(17(4)12-21)13-23(31)28-26-29-24-22(34-26)15-30(25(24)16(2)3)14-18-6-9-20(27)10-7-18/h6-12,16,25H,5,13-15H2,1-4H3,(H,28,29,31)/t25-/m0/s1. The van der Waals surface area contributed by atoms with Gasteiger partial charge in [0.1, 0.15) is 0 Å². The van der Waals surface area contributed by atoms with E-state index < -0.39 is 9.84 Å². The van der Waals surface area contributed by atoms with Crippen molar-refractivity contribution >= 4 is 43.8 Å². The van der Waals surface area contributed by atoms with Crippen LogP contribution in [0.15, 0.2) is 47.4 Å². The monoisotopic (exact) mass is 531 g/mol. The van der Waals surface area contributed by atoms with Crippen molar-refractivity contribution in [3.8, 4) is 0 Å². The zero-order valence-corrected chi connectivity index (χ0v) is 22.7. The number of anilines is 1. The molecule has 6 nitrogen and oxygen atoms in total. The maximum absolute atomic E-state index is 12.8. The van der Waals surface area contributed by atoms with E-state index in [2.05, 4.69) is 36.2 Å². The van der Waals surface area contributed by atoms with Gasteiger partial charge < -0.3 is 5.32 Å². The molecular weight excluding hydrogens is 502 g/mol. The average Bonchev–Trinajstić information content (AvgIpc) is 3.32. The van der Waals surface area contributed by atoms with Gasteiger partial charge in [0.05, 0.1) is 28.8 Å². The van der Waals surface area contributed by atoms with E-state index in [1.54, 1.807) is 25.1 Å². The normalized spacial score (nSPS) is 16.0. The number of hydrogen-bond donors (Lipinski definition) is 1. The summed E-state index contributed by atoms with van der Waals surface area (Å²) in [7, 11) is -3.27. The van der Waals surface area contributed by atoms with Crippen molar-refractivity contribution in [2.24, 2.45) is 5.92 Å². The smallest absolute Gasteiger partial charge is 0.230 e. The summed E-state index contributed by atoms with van der Waals surface area (Å²) in [4.78, 5) is 21.5. The summed E-state index contributed by atoms with van der Waals surface area (Å²) in [5.74, 6) is 0.260. The van der Waals surface area contributed by atoms with Gasteiger partial charge in [-0.25, -0.2) is 13.4 Å². The molecule has 0 aliphatic carbocycles. The molecule has 1 aliphatic rings. The number of carbonyl (C=O) groups excluding carboxylic acids is 1. The number of carbonyl (C=O) groups is 1. The lowest BCUT2D eigenvalue weighted by Crippen LogP contribution is -2.26. The number of nitrogens with zero attached hydrogens (tertiary/aromatic N) is 2. The van der Waals surface area contributed by atoms with Crippen LogP contribution in [0.2, 0.25) is 5.02 Å². The van der Waals surface area contributed by atoms with Gasteiger partial charge in [-0.15, -0.1) is 11.3 Å². The Labute approximate surface area is 216 Å². The average molecular weight is 532 g/mol. The molecule has 1 aromatic heterocycles. The summed E-state index contributed by atoms with van der Waals surface area (Å²) in [5.41, 5.74) is 3.83. The van der Waals surface area contributed by atoms with Crippen LogP contribution in [0.25, 0.3) is 0 Å². The van der Waals surface area contributed by atoms with Crippen LogP contribution in [0.3, 0.4) is 0 Å².